The first-order chi connectivity index (χ1) is 9.29. The third-order valence-corrected chi connectivity index (χ3v) is 4.41. The van der Waals surface area contributed by atoms with Crippen LogP contribution in [0, 0.1) is 6.92 Å². The standard InChI is InChI=1S/C15H28N4S/c1-7-19(8-2)9-10-20-13-11(3)12(16)17-14(18-13)15(4,5)6/h7-10H2,1-6H3,(H2,16,17,18). The van der Waals surface area contributed by atoms with Gasteiger partial charge in [0, 0.05) is 23.3 Å². The van der Waals surface area contributed by atoms with E-state index in [4.69, 9.17) is 10.7 Å². The number of nitrogens with two attached hydrogens (primary N) is 1. The van der Waals surface area contributed by atoms with Crippen molar-refractivity contribution in [2.24, 2.45) is 0 Å². The Morgan fingerprint density at radius 2 is 1.75 bits per heavy atom. The van der Waals surface area contributed by atoms with Gasteiger partial charge in [0.25, 0.3) is 0 Å². The van der Waals surface area contributed by atoms with Crippen molar-refractivity contribution in [2.75, 3.05) is 31.1 Å². The summed E-state index contributed by atoms with van der Waals surface area (Å²) in [5.41, 5.74) is 6.96. The largest absolute Gasteiger partial charge is 0.383 e. The van der Waals surface area contributed by atoms with E-state index >= 15 is 0 Å². The molecule has 0 fully saturated rings. The maximum Gasteiger partial charge on any atom is 0.137 e. The first-order valence-corrected chi connectivity index (χ1v) is 8.27. The monoisotopic (exact) mass is 296 g/mol. The number of nitrogens with zero attached hydrogens (tertiary/aromatic N) is 3. The van der Waals surface area contributed by atoms with E-state index in [1.54, 1.807) is 11.8 Å². The highest BCUT2D eigenvalue weighted by atomic mass is 32.2. The summed E-state index contributed by atoms with van der Waals surface area (Å²) < 4.78 is 0. The molecule has 5 heteroatoms. The Morgan fingerprint density at radius 3 is 2.25 bits per heavy atom. The van der Waals surface area contributed by atoms with E-state index in [9.17, 15) is 0 Å². The Morgan fingerprint density at radius 1 is 1.15 bits per heavy atom. The molecular formula is C15H28N4S. The van der Waals surface area contributed by atoms with Gasteiger partial charge in [0.15, 0.2) is 0 Å². The van der Waals surface area contributed by atoms with Gasteiger partial charge in [0.05, 0.1) is 0 Å². The molecule has 0 aliphatic heterocycles. The van der Waals surface area contributed by atoms with Crippen LogP contribution >= 0.6 is 11.8 Å². The maximum atomic E-state index is 6.03. The molecule has 0 saturated carbocycles. The lowest BCUT2D eigenvalue weighted by Crippen LogP contribution is -2.25. The van der Waals surface area contributed by atoms with Crippen molar-refractivity contribution in [1.82, 2.24) is 14.9 Å². The Bertz CT molecular complexity index is 436. The van der Waals surface area contributed by atoms with E-state index in [0.717, 1.165) is 41.8 Å². The van der Waals surface area contributed by atoms with Gasteiger partial charge >= 0.3 is 0 Å². The molecule has 0 amide bonds. The Balaban J connectivity index is 2.81. The van der Waals surface area contributed by atoms with Crippen molar-refractivity contribution in [3.63, 3.8) is 0 Å². The van der Waals surface area contributed by atoms with Crippen molar-refractivity contribution in [3.05, 3.63) is 11.4 Å². The molecule has 0 radical (unpaired) electrons. The topological polar surface area (TPSA) is 55.0 Å². The molecule has 20 heavy (non-hydrogen) atoms. The second-order valence-corrected chi connectivity index (χ2v) is 7.07. The third-order valence-electron chi connectivity index (χ3n) is 3.35. The molecule has 0 saturated heterocycles. The molecule has 4 nitrogen and oxygen atoms in total. The van der Waals surface area contributed by atoms with Crippen LogP contribution in [0.25, 0.3) is 0 Å². The zero-order valence-electron chi connectivity index (χ0n) is 13.7. The van der Waals surface area contributed by atoms with Gasteiger partial charge < -0.3 is 10.6 Å². The minimum Gasteiger partial charge on any atom is -0.383 e. The van der Waals surface area contributed by atoms with Crippen molar-refractivity contribution < 1.29 is 0 Å². The van der Waals surface area contributed by atoms with Crippen LogP contribution in [-0.2, 0) is 5.41 Å². The van der Waals surface area contributed by atoms with Gasteiger partial charge in [0.1, 0.15) is 16.7 Å². The van der Waals surface area contributed by atoms with Crippen molar-refractivity contribution in [3.8, 4) is 0 Å². The van der Waals surface area contributed by atoms with Gasteiger partial charge in [-0.15, -0.1) is 11.8 Å². The summed E-state index contributed by atoms with van der Waals surface area (Å²) in [6, 6.07) is 0. The van der Waals surface area contributed by atoms with Gasteiger partial charge in [-0.25, -0.2) is 9.97 Å². The number of nitrogen functional groups attached to an aromatic ring is 1. The molecule has 1 rings (SSSR count). The lowest BCUT2D eigenvalue weighted by atomic mass is 9.95. The normalized spacial score (nSPS) is 12.2. The minimum absolute atomic E-state index is 0.0734. The number of rotatable bonds is 6. The van der Waals surface area contributed by atoms with Crippen LogP contribution in [0.2, 0.25) is 0 Å². The molecule has 0 unspecified atom stereocenters. The molecule has 1 heterocycles. The second kappa shape index (κ2) is 7.27. The summed E-state index contributed by atoms with van der Waals surface area (Å²) >= 11 is 1.78. The van der Waals surface area contributed by atoms with Gasteiger partial charge in [-0.2, -0.15) is 0 Å². The summed E-state index contributed by atoms with van der Waals surface area (Å²) in [6.45, 7) is 16.0. The molecule has 1 aromatic rings. The van der Waals surface area contributed by atoms with Gasteiger partial charge in [0.2, 0.25) is 0 Å². The number of aromatic nitrogens is 2. The van der Waals surface area contributed by atoms with E-state index in [0.29, 0.717) is 5.82 Å². The average molecular weight is 296 g/mol. The highest BCUT2D eigenvalue weighted by molar-refractivity contribution is 7.99. The SMILES string of the molecule is CCN(CC)CCSc1nc(C(C)(C)C)nc(N)c1C. The smallest absolute Gasteiger partial charge is 0.137 e. The maximum absolute atomic E-state index is 6.03. The Labute approximate surface area is 127 Å². The molecule has 0 bridgehead atoms. The number of anilines is 1. The highest BCUT2D eigenvalue weighted by Crippen LogP contribution is 2.27. The first kappa shape index (κ1) is 17.2. The fraction of sp³-hybridized carbons (Fsp3) is 0.733. The molecule has 0 aromatic carbocycles. The zero-order chi connectivity index (χ0) is 15.3. The van der Waals surface area contributed by atoms with Crippen LogP contribution in [-0.4, -0.2) is 40.3 Å². The molecule has 0 spiro atoms. The molecule has 0 aliphatic carbocycles. The molecule has 0 aliphatic rings. The van der Waals surface area contributed by atoms with Gasteiger partial charge in [-0.1, -0.05) is 34.6 Å². The summed E-state index contributed by atoms with van der Waals surface area (Å²) in [5, 5.41) is 1.02. The minimum atomic E-state index is -0.0734. The quantitative estimate of drug-likeness (QED) is 0.646. The molecular weight excluding hydrogens is 268 g/mol. The predicted molar refractivity (Wildman–Crippen MR) is 88.4 cm³/mol. The first-order valence-electron chi connectivity index (χ1n) is 7.29. The summed E-state index contributed by atoms with van der Waals surface area (Å²) in [4.78, 5) is 11.5. The zero-order valence-corrected chi connectivity index (χ0v) is 14.5. The van der Waals surface area contributed by atoms with E-state index in [1.165, 1.54) is 0 Å². The fourth-order valence-corrected chi connectivity index (χ4v) is 2.81. The Kier molecular flexibility index (Phi) is 6.27. The number of hydrogen-bond acceptors (Lipinski definition) is 5. The van der Waals surface area contributed by atoms with Crippen molar-refractivity contribution in [2.45, 2.75) is 52.0 Å². The fourth-order valence-electron chi connectivity index (χ4n) is 1.80. The van der Waals surface area contributed by atoms with E-state index < -0.39 is 0 Å². The van der Waals surface area contributed by atoms with Crippen molar-refractivity contribution in [1.29, 1.82) is 0 Å². The lowest BCUT2D eigenvalue weighted by molar-refractivity contribution is 0.324. The summed E-state index contributed by atoms with van der Waals surface area (Å²) in [6.07, 6.45) is 0. The molecule has 2 N–H and O–H groups in total. The number of thioether (sulfide) groups is 1. The van der Waals surface area contributed by atoms with Crippen LogP contribution < -0.4 is 5.73 Å². The highest BCUT2D eigenvalue weighted by Gasteiger charge is 2.20. The molecule has 0 atom stereocenters. The average Bonchev–Trinajstić information content (AvgIpc) is 2.38. The van der Waals surface area contributed by atoms with Crippen LogP contribution in [0.3, 0.4) is 0 Å². The third kappa shape index (κ3) is 4.63. The molecule has 1 aromatic heterocycles. The second-order valence-electron chi connectivity index (χ2n) is 5.99. The lowest BCUT2D eigenvalue weighted by Gasteiger charge is -2.20. The van der Waals surface area contributed by atoms with Gasteiger partial charge in [-0.05, 0) is 20.0 Å². The predicted octanol–water partition coefficient (Wildman–Crippen LogP) is 3.10. The van der Waals surface area contributed by atoms with E-state index in [1.807, 2.05) is 6.92 Å². The van der Waals surface area contributed by atoms with Crippen LogP contribution in [0.4, 0.5) is 5.82 Å². The van der Waals surface area contributed by atoms with E-state index in [2.05, 4.69) is 44.5 Å². The van der Waals surface area contributed by atoms with E-state index in [-0.39, 0.29) is 5.41 Å². The number of hydrogen-bond donors (Lipinski definition) is 1. The summed E-state index contributed by atoms with van der Waals surface area (Å²) in [7, 11) is 0. The molecule has 114 valence electrons. The Hall–Kier alpha value is -0.810. The van der Waals surface area contributed by atoms with Crippen molar-refractivity contribution >= 4 is 17.6 Å². The van der Waals surface area contributed by atoms with Crippen LogP contribution in [0.1, 0.15) is 46.0 Å². The van der Waals surface area contributed by atoms with Crippen LogP contribution in [0.15, 0.2) is 5.03 Å². The van der Waals surface area contributed by atoms with Crippen LogP contribution in [0.5, 0.6) is 0 Å². The van der Waals surface area contributed by atoms with Gasteiger partial charge in [-0.3, -0.25) is 0 Å². The summed E-state index contributed by atoms with van der Waals surface area (Å²) in [5.74, 6) is 2.46.